The number of amides is 1. The van der Waals surface area contributed by atoms with Gasteiger partial charge in [0, 0.05) is 19.6 Å². The molecule has 2 fully saturated rings. The summed E-state index contributed by atoms with van der Waals surface area (Å²) in [5, 5.41) is 2.68. The van der Waals surface area contributed by atoms with Crippen LogP contribution in [-0.4, -0.2) is 43.2 Å². The Labute approximate surface area is 105 Å². The van der Waals surface area contributed by atoms with Gasteiger partial charge in [0.25, 0.3) is 0 Å². The normalized spacial score (nSPS) is 28.4. The molecule has 2 rings (SSSR count). The van der Waals surface area contributed by atoms with Crippen LogP contribution in [0.4, 0.5) is 13.2 Å². The van der Waals surface area contributed by atoms with E-state index in [1.54, 1.807) is 6.92 Å². The summed E-state index contributed by atoms with van der Waals surface area (Å²) in [6.45, 7) is 2.55. The summed E-state index contributed by atoms with van der Waals surface area (Å²) in [5.74, 6) is -0.331. The van der Waals surface area contributed by atoms with Gasteiger partial charge in [-0.2, -0.15) is 13.2 Å². The minimum Gasteiger partial charge on any atom is -0.342 e. The first kappa shape index (κ1) is 13.6. The molecule has 0 bridgehead atoms. The molecular weight excluding hydrogens is 245 g/mol. The third-order valence-corrected chi connectivity index (χ3v) is 3.95. The molecule has 1 saturated heterocycles. The van der Waals surface area contributed by atoms with E-state index >= 15 is 0 Å². The third kappa shape index (κ3) is 2.35. The van der Waals surface area contributed by atoms with E-state index in [0.717, 1.165) is 12.8 Å². The third-order valence-electron chi connectivity index (χ3n) is 3.95. The predicted molar refractivity (Wildman–Crippen MR) is 61.0 cm³/mol. The number of rotatable bonds is 4. The molecule has 6 heteroatoms. The highest BCUT2D eigenvalue weighted by Crippen LogP contribution is 2.45. The van der Waals surface area contributed by atoms with Crippen molar-refractivity contribution in [1.82, 2.24) is 10.2 Å². The van der Waals surface area contributed by atoms with Gasteiger partial charge in [-0.05, 0) is 38.6 Å². The highest BCUT2D eigenvalue weighted by molar-refractivity contribution is 5.84. The standard InChI is InChI=1S/C12H19F3N2O/c1-2-17(7-9-3-4-9)10(18)11(12(13,14)15)5-6-16-8-11/h9,16H,2-8H2,1H3. The molecule has 0 radical (unpaired) electrons. The predicted octanol–water partition coefficient (Wildman–Crippen LogP) is 1.79. The summed E-state index contributed by atoms with van der Waals surface area (Å²) in [6, 6.07) is 0. The molecule has 1 N–H and O–H groups in total. The van der Waals surface area contributed by atoms with Crippen LogP contribution in [0.5, 0.6) is 0 Å². The molecule has 2 aliphatic rings. The molecule has 1 aliphatic heterocycles. The fourth-order valence-corrected chi connectivity index (χ4v) is 2.51. The Hall–Kier alpha value is -0.780. The monoisotopic (exact) mass is 264 g/mol. The number of carbonyl (C=O) groups is 1. The van der Waals surface area contributed by atoms with Crippen molar-refractivity contribution in [1.29, 1.82) is 0 Å². The molecule has 1 atom stereocenters. The van der Waals surface area contributed by atoms with Gasteiger partial charge >= 0.3 is 6.18 Å². The zero-order chi connectivity index (χ0) is 13.4. The van der Waals surface area contributed by atoms with Crippen molar-refractivity contribution >= 4 is 5.91 Å². The van der Waals surface area contributed by atoms with Crippen LogP contribution >= 0.6 is 0 Å². The first-order chi connectivity index (χ1) is 8.40. The molecule has 3 nitrogen and oxygen atoms in total. The van der Waals surface area contributed by atoms with E-state index in [0.29, 0.717) is 19.0 Å². The molecule has 1 saturated carbocycles. The largest absolute Gasteiger partial charge is 0.404 e. The van der Waals surface area contributed by atoms with E-state index in [2.05, 4.69) is 5.32 Å². The zero-order valence-electron chi connectivity index (χ0n) is 10.5. The van der Waals surface area contributed by atoms with Crippen LogP contribution in [0.2, 0.25) is 0 Å². The van der Waals surface area contributed by atoms with E-state index < -0.39 is 17.5 Å². The Morgan fingerprint density at radius 2 is 2.11 bits per heavy atom. The van der Waals surface area contributed by atoms with Crippen LogP contribution in [0.25, 0.3) is 0 Å². The Kier molecular flexibility index (Phi) is 3.58. The van der Waals surface area contributed by atoms with Crippen molar-refractivity contribution in [3.8, 4) is 0 Å². The molecule has 1 heterocycles. The van der Waals surface area contributed by atoms with Crippen molar-refractivity contribution in [3.05, 3.63) is 0 Å². The van der Waals surface area contributed by atoms with Gasteiger partial charge in [0.15, 0.2) is 5.41 Å². The van der Waals surface area contributed by atoms with E-state index in [1.807, 2.05) is 0 Å². The summed E-state index contributed by atoms with van der Waals surface area (Å²) in [4.78, 5) is 13.7. The lowest BCUT2D eigenvalue weighted by atomic mass is 9.84. The maximum atomic E-state index is 13.2. The average molecular weight is 264 g/mol. The highest BCUT2D eigenvalue weighted by Gasteiger charge is 2.62. The van der Waals surface area contributed by atoms with Crippen LogP contribution in [0.3, 0.4) is 0 Å². The van der Waals surface area contributed by atoms with Crippen LogP contribution < -0.4 is 5.32 Å². The molecule has 1 unspecified atom stereocenters. The fourth-order valence-electron chi connectivity index (χ4n) is 2.51. The summed E-state index contributed by atoms with van der Waals surface area (Å²) in [7, 11) is 0. The smallest absolute Gasteiger partial charge is 0.342 e. The molecular formula is C12H19F3N2O. The number of nitrogens with one attached hydrogen (secondary N) is 1. The fraction of sp³-hybridized carbons (Fsp3) is 0.917. The van der Waals surface area contributed by atoms with Crippen LogP contribution in [0.15, 0.2) is 0 Å². The average Bonchev–Trinajstić information content (AvgIpc) is 2.96. The van der Waals surface area contributed by atoms with E-state index in [4.69, 9.17) is 0 Å². The molecule has 0 spiro atoms. The highest BCUT2D eigenvalue weighted by atomic mass is 19.4. The second kappa shape index (κ2) is 4.72. The summed E-state index contributed by atoms with van der Waals surface area (Å²) >= 11 is 0. The van der Waals surface area contributed by atoms with Gasteiger partial charge in [-0.25, -0.2) is 0 Å². The number of nitrogens with zero attached hydrogens (tertiary/aromatic N) is 1. The number of alkyl halides is 3. The van der Waals surface area contributed by atoms with E-state index in [1.165, 1.54) is 4.90 Å². The second-order valence-electron chi connectivity index (χ2n) is 5.29. The van der Waals surface area contributed by atoms with Crippen molar-refractivity contribution < 1.29 is 18.0 Å². The van der Waals surface area contributed by atoms with Crippen molar-refractivity contribution in [2.24, 2.45) is 11.3 Å². The van der Waals surface area contributed by atoms with Gasteiger partial charge in [-0.1, -0.05) is 0 Å². The van der Waals surface area contributed by atoms with Gasteiger partial charge in [-0.15, -0.1) is 0 Å². The van der Waals surface area contributed by atoms with Crippen LogP contribution in [0, 0.1) is 11.3 Å². The number of hydrogen-bond donors (Lipinski definition) is 1. The van der Waals surface area contributed by atoms with Crippen molar-refractivity contribution in [2.75, 3.05) is 26.2 Å². The van der Waals surface area contributed by atoms with Crippen molar-refractivity contribution in [2.45, 2.75) is 32.4 Å². The van der Waals surface area contributed by atoms with Crippen LogP contribution in [0.1, 0.15) is 26.2 Å². The molecule has 0 aromatic heterocycles. The number of hydrogen-bond acceptors (Lipinski definition) is 2. The quantitative estimate of drug-likeness (QED) is 0.839. The Morgan fingerprint density at radius 3 is 2.50 bits per heavy atom. The lowest BCUT2D eigenvalue weighted by Crippen LogP contribution is -2.54. The molecule has 0 aromatic carbocycles. The zero-order valence-corrected chi connectivity index (χ0v) is 10.5. The topological polar surface area (TPSA) is 32.3 Å². The lowest BCUT2D eigenvalue weighted by Gasteiger charge is -2.34. The Bertz CT molecular complexity index is 320. The maximum Gasteiger partial charge on any atom is 0.404 e. The van der Waals surface area contributed by atoms with Gasteiger partial charge in [0.2, 0.25) is 5.91 Å². The van der Waals surface area contributed by atoms with Gasteiger partial charge in [0.1, 0.15) is 0 Å². The molecule has 0 aromatic rings. The minimum absolute atomic E-state index is 0.142. The number of carbonyl (C=O) groups excluding carboxylic acids is 1. The first-order valence-electron chi connectivity index (χ1n) is 6.47. The van der Waals surface area contributed by atoms with E-state index in [-0.39, 0.29) is 19.5 Å². The van der Waals surface area contributed by atoms with Crippen molar-refractivity contribution in [3.63, 3.8) is 0 Å². The number of halogens is 3. The minimum atomic E-state index is -4.47. The summed E-state index contributed by atoms with van der Waals surface area (Å²) in [5.41, 5.74) is -2.20. The van der Waals surface area contributed by atoms with Gasteiger partial charge < -0.3 is 10.2 Å². The Morgan fingerprint density at radius 1 is 1.44 bits per heavy atom. The van der Waals surface area contributed by atoms with Gasteiger partial charge in [0.05, 0.1) is 0 Å². The van der Waals surface area contributed by atoms with Crippen LogP contribution in [-0.2, 0) is 4.79 Å². The Balaban J connectivity index is 2.16. The second-order valence-corrected chi connectivity index (χ2v) is 5.29. The molecule has 1 aliphatic carbocycles. The summed E-state index contributed by atoms with van der Waals surface area (Å²) < 4.78 is 39.7. The maximum absolute atomic E-state index is 13.2. The molecule has 1 amide bonds. The van der Waals surface area contributed by atoms with E-state index in [9.17, 15) is 18.0 Å². The molecule has 18 heavy (non-hydrogen) atoms. The SMILES string of the molecule is CCN(CC1CC1)C(=O)C1(C(F)(F)F)CCNC1. The lowest BCUT2D eigenvalue weighted by molar-refractivity contribution is -0.221. The van der Waals surface area contributed by atoms with Gasteiger partial charge in [-0.3, -0.25) is 4.79 Å². The first-order valence-corrected chi connectivity index (χ1v) is 6.47. The summed E-state index contributed by atoms with van der Waals surface area (Å²) in [6.07, 6.45) is -2.55. The molecule has 104 valence electrons.